The number of benzene rings is 2. The Labute approximate surface area is 232 Å². The highest BCUT2D eigenvalue weighted by Crippen LogP contribution is 2.33. The number of nitrogens with one attached hydrogen (secondary N) is 2. The molecule has 3 unspecified atom stereocenters. The van der Waals surface area contributed by atoms with E-state index in [1.807, 2.05) is 61.2 Å². The average molecular weight is 543 g/mol. The maximum Gasteiger partial charge on any atom is 0.326 e. The summed E-state index contributed by atoms with van der Waals surface area (Å²) in [5, 5.41) is 18.2. The largest absolute Gasteiger partial charge is 0.497 e. The van der Waals surface area contributed by atoms with Crippen LogP contribution in [-0.2, 0) is 17.6 Å². The summed E-state index contributed by atoms with van der Waals surface area (Å²) in [5.41, 5.74) is 1.77. The van der Waals surface area contributed by atoms with E-state index in [0.717, 1.165) is 58.5 Å². The number of aromatic nitrogens is 1. The Morgan fingerprint density at radius 1 is 1.07 bits per heavy atom. The minimum Gasteiger partial charge on any atom is -0.497 e. The molecule has 1 aliphatic rings. The fourth-order valence-corrected chi connectivity index (χ4v) is 5.56. The molecule has 1 saturated heterocycles. The first-order chi connectivity index (χ1) is 19.2. The van der Waals surface area contributed by atoms with Crippen LogP contribution < -0.4 is 31.1 Å². The summed E-state index contributed by atoms with van der Waals surface area (Å²) in [6.07, 6.45) is 2.77. The third kappa shape index (κ3) is 5.11. The molecule has 3 aromatic carbocycles. The number of hydrogen-bond acceptors (Lipinski definition) is 8. The Kier molecular flexibility index (Phi) is 7.47. The van der Waals surface area contributed by atoms with Crippen molar-refractivity contribution in [1.82, 2.24) is 4.98 Å². The van der Waals surface area contributed by atoms with Gasteiger partial charge in [0, 0.05) is 35.3 Å². The average Bonchev–Trinajstić information content (AvgIpc) is 3.28. The molecule has 1 aromatic heterocycles. The fraction of sp³-hybridized carbons (Fsp3) is 0.355. The fourth-order valence-electron chi connectivity index (χ4n) is 5.56. The number of carboxylic acids is 1. The van der Waals surface area contributed by atoms with Crippen molar-refractivity contribution < 1.29 is 14.6 Å². The summed E-state index contributed by atoms with van der Waals surface area (Å²) < 4.78 is 5.37. The van der Waals surface area contributed by atoms with Gasteiger partial charge in [-0.25, -0.2) is 9.78 Å². The van der Waals surface area contributed by atoms with E-state index in [9.17, 15) is 19.5 Å². The number of hydrogen-bond donors (Lipinski definition) is 3. The lowest BCUT2D eigenvalue weighted by atomic mass is 10.0. The molecule has 0 saturated carbocycles. The third-order valence-electron chi connectivity index (χ3n) is 7.82. The zero-order valence-electron chi connectivity index (χ0n) is 23.2. The van der Waals surface area contributed by atoms with Crippen LogP contribution in [0.15, 0.2) is 58.1 Å². The lowest BCUT2D eigenvalue weighted by Crippen LogP contribution is -2.48. The molecule has 208 valence electrons. The van der Waals surface area contributed by atoms with E-state index >= 15 is 0 Å². The molecule has 1 fully saturated rings. The molecule has 4 aromatic rings. The minimum absolute atomic E-state index is 0.113. The van der Waals surface area contributed by atoms with E-state index in [4.69, 9.17) is 9.72 Å². The second-order valence-electron chi connectivity index (χ2n) is 10.5. The van der Waals surface area contributed by atoms with Crippen LogP contribution in [0, 0.1) is 0 Å². The standard InChI is InChI=1S/C31H34N4O5/c1-5-21-15-20-16-23(40-4)12-13-24(20)30(32-21)33-22-10-8-19(9-11-22)14-25(31(38)39)34-26-27(29(37)28(26)36)35-17(2)6-7-18(35)3/h8-13,15-18,25,34H,5-7,14H2,1-4H3,(H,32,33)(H,38,39). The number of aryl methyl sites for hydroxylation is 1. The van der Waals surface area contributed by atoms with E-state index in [0.29, 0.717) is 5.69 Å². The van der Waals surface area contributed by atoms with Gasteiger partial charge in [0.15, 0.2) is 0 Å². The maximum absolute atomic E-state index is 12.4. The first-order valence-electron chi connectivity index (χ1n) is 13.6. The van der Waals surface area contributed by atoms with Gasteiger partial charge >= 0.3 is 5.97 Å². The Balaban J connectivity index is 1.34. The lowest BCUT2D eigenvalue weighted by Gasteiger charge is -2.32. The summed E-state index contributed by atoms with van der Waals surface area (Å²) in [7, 11) is 1.64. The van der Waals surface area contributed by atoms with E-state index in [-0.39, 0.29) is 24.2 Å². The highest BCUT2D eigenvalue weighted by molar-refractivity contribution is 5.94. The number of aliphatic carboxylic acids is 1. The van der Waals surface area contributed by atoms with Crippen LogP contribution in [0.25, 0.3) is 10.8 Å². The Morgan fingerprint density at radius 2 is 1.77 bits per heavy atom. The first kappa shape index (κ1) is 27.2. The Bertz CT molecular complexity index is 1610. The predicted octanol–water partition coefficient (Wildman–Crippen LogP) is 4.63. The van der Waals surface area contributed by atoms with Crippen LogP contribution in [0.4, 0.5) is 22.9 Å². The van der Waals surface area contributed by atoms with Gasteiger partial charge in [0.1, 0.15) is 29.0 Å². The highest BCUT2D eigenvalue weighted by atomic mass is 16.5. The molecule has 9 nitrogen and oxygen atoms in total. The molecule has 3 N–H and O–H groups in total. The number of nitrogens with zero attached hydrogens (tertiary/aromatic N) is 2. The molecular formula is C31H34N4O5. The zero-order chi connectivity index (χ0) is 28.6. The van der Waals surface area contributed by atoms with Crippen LogP contribution >= 0.6 is 0 Å². The third-order valence-corrected chi connectivity index (χ3v) is 7.82. The van der Waals surface area contributed by atoms with E-state index < -0.39 is 22.9 Å². The van der Waals surface area contributed by atoms with Gasteiger partial charge in [0.2, 0.25) is 0 Å². The quantitative estimate of drug-likeness (QED) is 0.246. The van der Waals surface area contributed by atoms with Gasteiger partial charge in [0.25, 0.3) is 10.9 Å². The topological polar surface area (TPSA) is 121 Å². The number of anilines is 4. The maximum atomic E-state index is 12.4. The van der Waals surface area contributed by atoms with Gasteiger partial charge in [-0.2, -0.15) is 0 Å². The second-order valence-corrected chi connectivity index (χ2v) is 10.5. The second kappa shape index (κ2) is 11.0. The molecule has 9 heteroatoms. The number of carbonyl (C=O) groups is 1. The van der Waals surface area contributed by atoms with Crippen LogP contribution in [0.3, 0.4) is 0 Å². The summed E-state index contributed by atoms with van der Waals surface area (Å²) >= 11 is 0. The van der Waals surface area contributed by atoms with E-state index in [1.54, 1.807) is 7.11 Å². The van der Waals surface area contributed by atoms with Gasteiger partial charge in [0.05, 0.1) is 7.11 Å². The number of rotatable bonds is 10. The predicted molar refractivity (Wildman–Crippen MR) is 158 cm³/mol. The summed E-state index contributed by atoms with van der Waals surface area (Å²) in [5.74, 6) is 0.414. The van der Waals surface area contributed by atoms with Gasteiger partial charge < -0.3 is 25.4 Å². The number of pyridine rings is 1. The summed E-state index contributed by atoms with van der Waals surface area (Å²) in [6.45, 7) is 6.09. The van der Waals surface area contributed by atoms with Crippen molar-refractivity contribution in [3.8, 4) is 5.75 Å². The Hall–Kier alpha value is -4.40. The van der Waals surface area contributed by atoms with Gasteiger partial charge in [-0.05, 0) is 80.5 Å². The number of ether oxygens (including phenoxy) is 1. The monoisotopic (exact) mass is 542 g/mol. The van der Waals surface area contributed by atoms with Gasteiger partial charge in [-0.15, -0.1) is 0 Å². The molecule has 1 aliphatic heterocycles. The van der Waals surface area contributed by atoms with Crippen molar-refractivity contribution in [3.63, 3.8) is 0 Å². The normalized spacial score (nSPS) is 17.8. The molecule has 3 atom stereocenters. The molecule has 0 radical (unpaired) electrons. The van der Waals surface area contributed by atoms with Gasteiger partial charge in [-0.1, -0.05) is 19.1 Å². The number of fused-ring (bicyclic) bond motifs is 1. The first-order valence-corrected chi connectivity index (χ1v) is 13.6. The van der Waals surface area contributed by atoms with Crippen LogP contribution in [0.2, 0.25) is 0 Å². The molecule has 2 heterocycles. The molecule has 0 bridgehead atoms. The highest BCUT2D eigenvalue weighted by Gasteiger charge is 2.36. The molecule has 0 aliphatic carbocycles. The van der Waals surface area contributed by atoms with Crippen LogP contribution in [0.1, 0.15) is 44.9 Å². The smallest absolute Gasteiger partial charge is 0.326 e. The SMILES string of the molecule is CCc1cc2cc(OC)ccc2c(Nc2ccc(CC(Nc3c(N4C(C)CCC4C)c(=O)c3=O)C(=O)O)cc2)n1. The molecule has 5 rings (SSSR count). The lowest BCUT2D eigenvalue weighted by molar-refractivity contribution is -0.137. The Morgan fingerprint density at radius 3 is 2.40 bits per heavy atom. The molecule has 40 heavy (non-hydrogen) atoms. The van der Waals surface area contributed by atoms with E-state index in [1.165, 1.54) is 0 Å². The molecule has 0 spiro atoms. The van der Waals surface area contributed by atoms with Crippen molar-refractivity contribution in [1.29, 1.82) is 0 Å². The summed E-state index contributed by atoms with van der Waals surface area (Å²) in [6, 6.07) is 14.5. The molecule has 0 amide bonds. The van der Waals surface area contributed by atoms with Crippen molar-refractivity contribution in [2.45, 2.75) is 64.6 Å². The zero-order valence-corrected chi connectivity index (χ0v) is 23.2. The number of carboxylic acid groups (broad SMARTS) is 1. The van der Waals surface area contributed by atoms with Crippen LogP contribution in [-0.4, -0.2) is 41.3 Å². The number of methoxy groups -OCH3 is 1. The minimum atomic E-state index is -1.09. The van der Waals surface area contributed by atoms with E-state index in [2.05, 4.69) is 23.6 Å². The van der Waals surface area contributed by atoms with Crippen molar-refractivity contribution in [2.24, 2.45) is 0 Å². The molecular weight excluding hydrogens is 508 g/mol. The van der Waals surface area contributed by atoms with Crippen molar-refractivity contribution >= 4 is 39.6 Å². The van der Waals surface area contributed by atoms with Crippen molar-refractivity contribution in [3.05, 3.63) is 80.2 Å². The van der Waals surface area contributed by atoms with Crippen molar-refractivity contribution in [2.75, 3.05) is 22.6 Å². The van der Waals surface area contributed by atoms with Crippen LogP contribution in [0.5, 0.6) is 5.75 Å². The van der Waals surface area contributed by atoms with Gasteiger partial charge in [-0.3, -0.25) is 9.59 Å². The summed E-state index contributed by atoms with van der Waals surface area (Å²) in [4.78, 5) is 43.7.